The zero-order valence-electron chi connectivity index (χ0n) is 7.14. The van der Waals surface area contributed by atoms with Gasteiger partial charge in [0, 0.05) is 12.5 Å². The summed E-state index contributed by atoms with van der Waals surface area (Å²) in [6.45, 7) is 0. The largest absolute Gasteiger partial charge is 0.449 e. The molecule has 0 unspecified atom stereocenters. The van der Waals surface area contributed by atoms with E-state index in [1.165, 1.54) is 0 Å². The molecule has 0 aliphatic rings. The molecular formula is C9H10N2O2. The van der Waals surface area contributed by atoms with Gasteiger partial charge in [-0.3, -0.25) is 0 Å². The maximum atomic E-state index is 5.10. The van der Waals surface area contributed by atoms with Crippen LogP contribution in [0.15, 0.2) is 33.7 Å². The molecule has 0 atom stereocenters. The fraction of sp³-hybridized carbons (Fsp3) is 0.333. The van der Waals surface area contributed by atoms with Crippen LogP contribution in [0.1, 0.15) is 18.0 Å². The van der Waals surface area contributed by atoms with Gasteiger partial charge in [-0.05, 0) is 12.8 Å². The second-order valence-electron chi connectivity index (χ2n) is 2.77. The van der Waals surface area contributed by atoms with Crippen LogP contribution < -0.4 is 0 Å². The summed E-state index contributed by atoms with van der Waals surface area (Å²) in [6, 6.07) is 1.87. The molecule has 13 heavy (non-hydrogen) atoms. The smallest absolute Gasteiger partial charge is 0.193 e. The predicted molar refractivity (Wildman–Crippen MR) is 45.0 cm³/mol. The average molecular weight is 178 g/mol. The third kappa shape index (κ3) is 2.18. The highest BCUT2D eigenvalue weighted by Gasteiger charge is 1.99. The van der Waals surface area contributed by atoms with Crippen molar-refractivity contribution < 1.29 is 8.94 Å². The molecule has 0 aliphatic heterocycles. The van der Waals surface area contributed by atoms with Gasteiger partial charge in [0.1, 0.15) is 12.5 Å². The molecule has 0 aliphatic carbocycles. The molecule has 0 spiro atoms. The molecule has 0 bridgehead atoms. The lowest BCUT2D eigenvalue weighted by Crippen LogP contribution is -1.89. The first-order valence-corrected chi connectivity index (χ1v) is 4.23. The summed E-state index contributed by atoms with van der Waals surface area (Å²) in [6.07, 6.45) is 7.56. The number of oxazole rings is 1. The molecule has 4 heteroatoms. The average Bonchev–Trinajstić information content (AvgIpc) is 2.75. The second-order valence-corrected chi connectivity index (χ2v) is 2.77. The van der Waals surface area contributed by atoms with Gasteiger partial charge in [0.25, 0.3) is 0 Å². The standard InChI is InChI=1S/C9H10N2O2/c1(2-8-4-6-13-11-8)3-9-10-5-7-12-9/h4-7H,1-3H2. The first kappa shape index (κ1) is 8.04. The topological polar surface area (TPSA) is 52.1 Å². The van der Waals surface area contributed by atoms with E-state index >= 15 is 0 Å². The molecule has 4 nitrogen and oxygen atoms in total. The van der Waals surface area contributed by atoms with Crippen LogP contribution in [-0.2, 0) is 12.8 Å². The van der Waals surface area contributed by atoms with E-state index in [0.29, 0.717) is 0 Å². The summed E-state index contributed by atoms with van der Waals surface area (Å²) in [5.74, 6) is 0.781. The third-order valence-corrected chi connectivity index (χ3v) is 1.80. The fourth-order valence-corrected chi connectivity index (χ4v) is 1.16. The zero-order valence-corrected chi connectivity index (χ0v) is 7.14. The minimum absolute atomic E-state index is 0.781. The summed E-state index contributed by atoms with van der Waals surface area (Å²) in [5.41, 5.74) is 0.978. The first-order valence-electron chi connectivity index (χ1n) is 4.23. The molecule has 0 aromatic carbocycles. The molecular weight excluding hydrogens is 168 g/mol. The molecule has 0 saturated carbocycles. The van der Waals surface area contributed by atoms with Gasteiger partial charge in [-0.1, -0.05) is 5.16 Å². The van der Waals surface area contributed by atoms with Gasteiger partial charge in [0.05, 0.1) is 11.9 Å². The van der Waals surface area contributed by atoms with Crippen LogP contribution in [-0.4, -0.2) is 10.1 Å². The van der Waals surface area contributed by atoms with Crippen molar-refractivity contribution in [1.29, 1.82) is 0 Å². The Balaban J connectivity index is 1.76. The minimum Gasteiger partial charge on any atom is -0.449 e. The number of nitrogens with zero attached hydrogens (tertiary/aromatic N) is 2. The number of aromatic nitrogens is 2. The van der Waals surface area contributed by atoms with E-state index in [1.54, 1.807) is 18.7 Å². The van der Waals surface area contributed by atoms with Crippen molar-refractivity contribution in [2.75, 3.05) is 0 Å². The van der Waals surface area contributed by atoms with E-state index in [2.05, 4.69) is 10.1 Å². The Morgan fingerprint density at radius 2 is 2.23 bits per heavy atom. The van der Waals surface area contributed by atoms with Crippen LogP contribution in [0.5, 0.6) is 0 Å². The molecule has 0 N–H and O–H groups in total. The van der Waals surface area contributed by atoms with Crippen molar-refractivity contribution >= 4 is 0 Å². The monoisotopic (exact) mass is 178 g/mol. The van der Waals surface area contributed by atoms with Crippen molar-refractivity contribution in [1.82, 2.24) is 10.1 Å². The van der Waals surface area contributed by atoms with Gasteiger partial charge >= 0.3 is 0 Å². The van der Waals surface area contributed by atoms with E-state index in [4.69, 9.17) is 8.94 Å². The number of hydrogen-bond donors (Lipinski definition) is 0. The van der Waals surface area contributed by atoms with Gasteiger partial charge in [-0.2, -0.15) is 0 Å². The highest BCUT2D eigenvalue weighted by Crippen LogP contribution is 2.04. The van der Waals surface area contributed by atoms with Gasteiger partial charge in [0.2, 0.25) is 0 Å². The predicted octanol–water partition coefficient (Wildman–Crippen LogP) is 1.84. The maximum Gasteiger partial charge on any atom is 0.193 e. The molecule has 0 amide bonds. The summed E-state index contributed by atoms with van der Waals surface area (Å²) in [4.78, 5) is 4.02. The highest BCUT2D eigenvalue weighted by molar-refractivity contribution is 4.95. The summed E-state index contributed by atoms with van der Waals surface area (Å²) in [7, 11) is 0. The molecule has 2 aromatic heterocycles. The van der Waals surface area contributed by atoms with Crippen molar-refractivity contribution in [2.24, 2.45) is 0 Å². The van der Waals surface area contributed by atoms with Gasteiger partial charge in [-0.25, -0.2) is 4.98 Å². The van der Waals surface area contributed by atoms with Gasteiger partial charge < -0.3 is 8.94 Å². The van der Waals surface area contributed by atoms with Crippen LogP contribution in [0.4, 0.5) is 0 Å². The Morgan fingerprint density at radius 3 is 2.92 bits per heavy atom. The van der Waals surface area contributed by atoms with Crippen molar-refractivity contribution in [2.45, 2.75) is 19.3 Å². The fourth-order valence-electron chi connectivity index (χ4n) is 1.16. The van der Waals surface area contributed by atoms with E-state index in [-0.39, 0.29) is 0 Å². The van der Waals surface area contributed by atoms with Crippen LogP contribution in [0.25, 0.3) is 0 Å². The van der Waals surface area contributed by atoms with E-state index in [1.807, 2.05) is 6.07 Å². The summed E-state index contributed by atoms with van der Waals surface area (Å²) >= 11 is 0. The van der Waals surface area contributed by atoms with Crippen LogP contribution >= 0.6 is 0 Å². The molecule has 0 radical (unpaired) electrons. The number of rotatable bonds is 4. The van der Waals surface area contributed by atoms with E-state index < -0.39 is 0 Å². The SMILES string of the molecule is c1coc(CCCc2ccon2)n1. The Hall–Kier alpha value is -1.58. The Morgan fingerprint density at radius 1 is 1.23 bits per heavy atom. The van der Waals surface area contributed by atoms with E-state index in [0.717, 1.165) is 30.8 Å². The minimum atomic E-state index is 0.781. The first-order chi connectivity index (χ1) is 6.45. The zero-order chi connectivity index (χ0) is 8.93. The van der Waals surface area contributed by atoms with E-state index in [9.17, 15) is 0 Å². The summed E-state index contributed by atoms with van der Waals surface area (Å²) in [5, 5.41) is 3.81. The molecule has 68 valence electrons. The molecule has 2 rings (SSSR count). The van der Waals surface area contributed by atoms with Crippen molar-refractivity contribution in [3.05, 3.63) is 36.4 Å². The lowest BCUT2D eigenvalue weighted by Gasteiger charge is -1.92. The number of hydrogen-bond acceptors (Lipinski definition) is 4. The normalized spacial score (nSPS) is 10.5. The second kappa shape index (κ2) is 3.89. The molecule has 0 fully saturated rings. The van der Waals surface area contributed by atoms with Gasteiger partial charge in [-0.15, -0.1) is 0 Å². The molecule has 2 heterocycles. The lowest BCUT2D eigenvalue weighted by atomic mass is 10.2. The third-order valence-electron chi connectivity index (χ3n) is 1.80. The van der Waals surface area contributed by atoms with Crippen molar-refractivity contribution in [3.8, 4) is 0 Å². The number of aryl methyl sites for hydroxylation is 2. The summed E-state index contributed by atoms with van der Waals surface area (Å²) < 4.78 is 9.81. The Bertz CT molecular complexity index is 292. The van der Waals surface area contributed by atoms with Crippen LogP contribution in [0, 0.1) is 0 Å². The van der Waals surface area contributed by atoms with Crippen LogP contribution in [0.3, 0.4) is 0 Å². The van der Waals surface area contributed by atoms with Crippen LogP contribution in [0.2, 0.25) is 0 Å². The quantitative estimate of drug-likeness (QED) is 0.716. The van der Waals surface area contributed by atoms with Crippen molar-refractivity contribution in [3.63, 3.8) is 0 Å². The maximum absolute atomic E-state index is 5.10. The Labute approximate surface area is 75.6 Å². The highest BCUT2D eigenvalue weighted by atomic mass is 16.5. The lowest BCUT2D eigenvalue weighted by molar-refractivity contribution is 0.409. The molecule has 2 aromatic rings. The Kier molecular flexibility index (Phi) is 2.40. The molecule has 0 saturated heterocycles. The van der Waals surface area contributed by atoms with Gasteiger partial charge in [0.15, 0.2) is 5.89 Å².